The zero-order valence-electron chi connectivity index (χ0n) is 11.9. The van der Waals surface area contributed by atoms with E-state index in [0.29, 0.717) is 0 Å². The highest BCUT2D eigenvalue weighted by Crippen LogP contribution is 2.23. The Kier molecular flexibility index (Phi) is 3.82. The topological polar surface area (TPSA) is 28.7 Å². The van der Waals surface area contributed by atoms with Gasteiger partial charge in [-0.15, -0.1) is 0 Å². The number of hydrogen-bond donors (Lipinski definition) is 1. The lowest BCUT2D eigenvalue weighted by Gasteiger charge is -2.01. The fraction of sp³-hybridized carbons (Fsp3) is 0.278. The van der Waals surface area contributed by atoms with E-state index in [9.17, 15) is 0 Å². The lowest BCUT2D eigenvalue weighted by Crippen LogP contribution is -1.88. The minimum Gasteiger partial charge on any atom is -0.342 e. The van der Waals surface area contributed by atoms with Crippen LogP contribution >= 0.6 is 0 Å². The van der Waals surface area contributed by atoms with Crippen LogP contribution in [0, 0.1) is 0 Å². The predicted octanol–water partition coefficient (Wildman–Crippen LogP) is 4.96. The van der Waals surface area contributed by atoms with Crippen molar-refractivity contribution in [1.82, 2.24) is 9.97 Å². The lowest BCUT2D eigenvalue weighted by molar-refractivity contribution is 0.699. The summed E-state index contributed by atoms with van der Waals surface area (Å²) in [5, 5.41) is 2.55. The maximum absolute atomic E-state index is 4.49. The number of hydrogen-bond acceptors (Lipinski definition) is 1. The Bertz CT molecular complexity index is 697. The zero-order chi connectivity index (χ0) is 13.8. The van der Waals surface area contributed by atoms with Crippen molar-refractivity contribution in [2.75, 3.05) is 0 Å². The van der Waals surface area contributed by atoms with Crippen LogP contribution in [0.15, 0.2) is 48.7 Å². The maximum Gasteiger partial charge on any atom is 0.106 e. The quantitative estimate of drug-likeness (QED) is 0.648. The summed E-state index contributed by atoms with van der Waals surface area (Å²) in [5.41, 5.74) is 2.32. The SMILES string of the molecule is CCCCCc1ncc(-c2ccc3ccccc3c2)[nH]1. The molecular weight excluding hydrogens is 244 g/mol. The number of aryl methyl sites for hydroxylation is 1. The largest absolute Gasteiger partial charge is 0.342 e. The van der Waals surface area contributed by atoms with Gasteiger partial charge in [-0.2, -0.15) is 0 Å². The van der Waals surface area contributed by atoms with Gasteiger partial charge in [-0.05, 0) is 23.3 Å². The van der Waals surface area contributed by atoms with Gasteiger partial charge in [0.1, 0.15) is 5.82 Å². The molecule has 0 fully saturated rings. The third-order valence-electron chi connectivity index (χ3n) is 3.71. The number of fused-ring (bicyclic) bond motifs is 1. The molecule has 2 nitrogen and oxygen atoms in total. The number of aromatic amines is 1. The molecule has 1 N–H and O–H groups in total. The van der Waals surface area contributed by atoms with Gasteiger partial charge in [0.05, 0.1) is 11.9 Å². The van der Waals surface area contributed by atoms with E-state index in [4.69, 9.17) is 0 Å². The van der Waals surface area contributed by atoms with Crippen LogP contribution in [0.5, 0.6) is 0 Å². The molecule has 1 aromatic heterocycles. The first-order valence-electron chi connectivity index (χ1n) is 7.40. The molecule has 102 valence electrons. The van der Waals surface area contributed by atoms with Crippen molar-refractivity contribution < 1.29 is 0 Å². The average Bonchev–Trinajstić information content (AvgIpc) is 2.96. The minimum absolute atomic E-state index is 1.04. The van der Waals surface area contributed by atoms with Gasteiger partial charge >= 0.3 is 0 Å². The van der Waals surface area contributed by atoms with E-state index in [1.165, 1.54) is 35.6 Å². The number of aromatic nitrogens is 2. The smallest absolute Gasteiger partial charge is 0.106 e. The van der Waals surface area contributed by atoms with E-state index in [1.54, 1.807) is 0 Å². The number of benzene rings is 2. The first-order chi connectivity index (χ1) is 9.86. The molecule has 2 heteroatoms. The van der Waals surface area contributed by atoms with Gasteiger partial charge in [-0.1, -0.05) is 56.2 Å². The Morgan fingerprint density at radius 2 is 1.85 bits per heavy atom. The van der Waals surface area contributed by atoms with Gasteiger partial charge in [0.15, 0.2) is 0 Å². The summed E-state index contributed by atoms with van der Waals surface area (Å²) >= 11 is 0. The van der Waals surface area contributed by atoms with E-state index >= 15 is 0 Å². The Morgan fingerprint density at radius 3 is 2.70 bits per heavy atom. The molecule has 0 aliphatic rings. The van der Waals surface area contributed by atoms with Gasteiger partial charge in [0.25, 0.3) is 0 Å². The van der Waals surface area contributed by atoms with Crippen molar-refractivity contribution in [3.63, 3.8) is 0 Å². The fourth-order valence-electron chi connectivity index (χ4n) is 2.54. The highest BCUT2D eigenvalue weighted by molar-refractivity contribution is 5.86. The molecule has 3 rings (SSSR count). The minimum atomic E-state index is 1.04. The molecule has 0 bridgehead atoms. The monoisotopic (exact) mass is 264 g/mol. The molecule has 0 aliphatic heterocycles. The van der Waals surface area contributed by atoms with Crippen LogP contribution in [0.1, 0.15) is 32.0 Å². The molecule has 0 spiro atoms. The first kappa shape index (κ1) is 12.9. The molecule has 0 amide bonds. The van der Waals surface area contributed by atoms with Crippen molar-refractivity contribution in [2.45, 2.75) is 32.6 Å². The second-order valence-corrected chi connectivity index (χ2v) is 5.26. The standard InChI is InChI=1S/C18H20N2/c1-2-3-4-9-18-19-13-17(20-18)16-11-10-14-7-5-6-8-15(14)12-16/h5-8,10-13H,2-4,9H2,1H3,(H,19,20). The number of H-pyrrole nitrogens is 1. The molecule has 0 saturated heterocycles. The molecular formula is C18H20N2. The van der Waals surface area contributed by atoms with Crippen LogP contribution in [0.3, 0.4) is 0 Å². The number of imidazole rings is 1. The third kappa shape index (κ3) is 2.74. The summed E-state index contributed by atoms with van der Waals surface area (Å²) in [6.45, 7) is 2.22. The van der Waals surface area contributed by atoms with E-state index in [-0.39, 0.29) is 0 Å². The van der Waals surface area contributed by atoms with Gasteiger partial charge in [-0.25, -0.2) is 4.98 Å². The average molecular weight is 264 g/mol. The zero-order valence-corrected chi connectivity index (χ0v) is 11.9. The fourth-order valence-corrected chi connectivity index (χ4v) is 2.54. The summed E-state index contributed by atoms with van der Waals surface area (Å²) in [6, 6.07) is 15.0. The molecule has 0 saturated carbocycles. The summed E-state index contributed by atoms with van der Waals surface area (Å²) < 4.78 is 0. The van der Waals surface area contributed by atoms with Gasteiger partial charge in [0.2, 0.25) is 0 Å². The second-order valence-electron chi connectivity index (χ2n) is 5.26. The Morgan fingerprint density at radius 1 is 1.00 bits per heavy atom. The normalized spacial score (nSPS) is 11.1. The van der Waals surface area contributed by atoms with Crippen molar-refractivity contribution in [2.24, 2.45) is 0 Å². The van der Waals surface area contributed by atoms with Gasteiger partial charge in [-0.3, -0.25) is 0 Å². The first-order valence-corrected chi connectivity index (χ1v) is 7.40. The third-order valence-corrected chi connectivity index (χ3v) is 3.71. The van der Waals surface area contributed by atoms with Crippen molar-refractivity contribution in [3.8, 4) is 11.3 Å². The molecule has 0 radical (unpaired) electrons. The second kappa shape index (κ2) is 5.91. The molecule has 2 aromatic carbocycles. The van der Waals surface area contributed by atoms with Gasteiger partial charge < -0.3 is 4.98 Å². The lowest BCUT2D eigenvalue weighted by atomic mass is 10.1. The van der Waals surface area contributed by atoms with Crippen LogP contribution in [-0.2, 0) is 6.42 Å². The number of nitrogens with zero attached hydrogens (tertiary/aromatic N) is 1. The van der Waals surface area contributed by atoms with Crippen LogP contribution in [0.4, 0.5) is 0 Å². The van der Waals surface area contributed by atoms with Crippen LogP contribution in [0.25, 0.3) is 22.0 Å². The summed E-state index contributed by atoms with van der Waals surface area (Å²) in [5.74, 6) is 1.10. The van der Waals surface area contributed by atoms with Crippen LogP contribution in [0.2, 0.25) is 0 Å². The molecule has 0 unspecified atom stereocenters. The molecule has 3 aromatic rings. The summed E-state index contributed by atoms with van der Waals surface area (Å²) in [4.78, 5) is 7.93. The van der Waals surface area contributed by atoms with E-state index in [1.807, 2.05) is 6.20 Å². The molecule has 0 atom stereocenters. The maximum atomic E-state index is 4.49. The summed E-state index contributed by atoms with van der Waals surface area (Å²) in [6.07, 6.45) is 6.72. The summed E-state index contributed by atoms with van der Waals surface area (Å²) in [7, 11) is 0. The number of unbranched alkanes of at least 4 members (excludes halogenated alkanes) is 2. The highest BCUT2D eigenvalue weighted by atomic mass is 14.9. The predicted molar refractivity (Wildman–Crippen MR) is 84.8 cm³/mol. The van der Waals surface area contributed by atoms with E-state index < -0.39 is 0 Å². The van der Waals surface area contributed by atoms with Crippen LogP contribution < -0.4 is 0 Å². The molecule has 20 heavy (non-hydrogen) atoms. The van der Waals surface area contributed by atoms with Gasteiger partial charge in [0, 0.05) is 12.0 Å². The highest BCUT2D eigenvalue weighted by Gasteiger charge is 2.04. The van der Waals surface area contributed by atoms with Crippen molar-refractivity contribution in [1.29, 1.82) is 0 Å². The Balaban J connectivity index is 1.83. The van der Waals surface area contributed by atoms with E-state index in [2.05, 4.69) is 59.4 Å². The Labute approximate surface area is 119 Å². The number of nitrogens with one attached hydrogen (secondary N) is 1. The van der Waals surface area contributed by atoms with E-state index in [0.717, 1.165) is 17.9 Å². The van der Waals surface area contributed by atoms with Crippen molar-refractivity contribution >= 4 is 10.8 Å². The molecule has 1 heterocycles. The van der Waals surface area contributed by atoms with Crippen molar-refractivity contribution in [3.05, 3.63) is 54.5 Å². The van der Waals surface area contributed by atoms with Crippen LogP contribution in [-0.4, -0.2) is 9.97 Å². The Hall–Kier alpha value is -2.09. The number of rotatable bonds is 5. The molecule has 0 aliphatic carbocycles.